The van der Waals surface area contributed by atoms with Gasteiger partial charge in [0, 0.05) is 6.20 Å². The summed E-state index contributed by atoms with van der Waals surface area (Å²) < 4.78 is 1.66. The number of aryl methyl sites for hydroxylation is 1. The van der Waals surface area contributed by atoms with Gasteiger partial charge in [0.2, 0.25) is 0 Å². The molecule has 0 aliphatic heterocycles. The zero-order valence-electron chi connectivity index (χ0n) is 10.9. The Labute approximate surface area is 115 Å². The van der Waals surface area contributed by atoms with Crippen LogP contribution in [0, 0.1) is 6.92 Å². The molecule has 2 aromatic heterocycles. The molecule has 100 valence electrons. The van der Waals surface area contributed by atoms with Crippen LogP contribution >= 0.6 is 0 Å². The summed E-state index contributed by atoms with van der Waals surface area (Å²) in [5.41, 5.74) is 1.99. The number of hydrogen-bond acceptors (Lipinski definition) is 3. The summed E-state index contributed by atoms with van der Waals surface area (Å²) in [5, 5.41) is 9.61. The second-order valence-corrected chi connectivity index (χ2v) is 4.53. The summed E-state index contributed by atoms with van der Waals surface area (Å²) in [6.45, 7) is 1.79. The average molecular weight is 267 g/mol. The van der Waals surface area contributed by atoms with E-state index < -0.39 is 12.0 Å². The van der Waals surface area contributed by atoms with Crippen LogP contribution in [0.4, 0.5) is 0 Å². The molecule has 5 nitrogen and oxygen atoms in total. The number of aromatic nitrogens is 3. The summed E-state index contributed by atoms with van der Waals surface area (Å²) in [6.07, 6.45) is 1.64. The number of hydrogen-bond donors (Lipinski definition) is 1. The summed E-state index contributed by atoms with van der Waals surface area (Å²) in [6, 6.07) is 11.9. The third-order valence-electron chi connectivity index (χ3n) is 3.23. The molecule has 5 heteroatoms. The Morgan fingerprint density at radius 3 is 2.65 bits per heavy atom. The number of benzene rings is 1. The number of fused-ring (bicyclic) bond motifs is 1. The second-order valence-electron chi connectivity index (χ2n) is 4.53. The first kappa shape index (κ1) is 12.3. The Morgan fingerprint density at radius 2 is 1.95 bits per heavy atom. The SMILES string of the molecule is Cc1nc2cccnc2n1C(C(=O)O)c1ccccc1. The predicted octanol–water partition coefficient (Wildman–Crippen LogP) is 2.41. The lowest BCUT2D eigenvalue weighted by Gasteiger charge is -2.16. The maximum absolute atomic E-state index is 11.7. The molecule has 0 saturated heterocycles. The third kappa shape index (κ3) is 1.93. The van der Waals surface area contributed by atoms with Crippen molar-refractivity contribution < 1.29 is 9.90 Å². The zero-order chi connectivity index (χ0) is 14.1. The lowest BCUT2D eigenvalue weighted by Crippen LogP contribution is -2.21. The van der Waals surface area contributed by atoms with Crippen LogP contribution in [0.1, 0.15) is 17.4 Å². The van der Waals surface area contributed by atoms with Gasteiger partial charge >= 0.3 is 5.97 Å². The quantitative estimate of drug-likeness (QED) is 0.791. The van der Waals surface area contributed by atoms with Crippen LogP contribution in [0.3, 0.4) is 0 Å². The Hall–Kier alpha value is -2.69. The van der Waals surface area contributed by atoms with E-state index in [1.54, 1.807) is 35.9 Å². The van der Waals surface area contributed by atoms with Crippen LogP contribution in [0.5, 0.6) is 0 Å². The maximum Gasteiger partial charge on any atom is 0.331 e. The number of nitrogens with zero attached hydrogens (tertiary/aromatic N) is 3. The monoisotopic (exact) mass is 267 g/mol. The molecule has 1 N–H and O–H groups in total. The molecule has 0 saturated carbocycles. The molecule has 3 rings (SSSR count). The molecule has 0 bridgehead atoms. The van der Waals surface area contributed by atoms with Gasteiger partial charge in [-0.3, -0.25) is 4.57 Å². The maximum atomic E-state index is 11.7. The van der Waals surface area contributed by atoms with Crippen molar-refractivity contribution in [1.29, 1.82) is 0 Å². The van der Waals surface area contributed by atoms with E-state index >= 15 is 0 Å². The molecule has 0 aliphatic carbocycles. The lowest BCUT2D eigenvalue weighted by atomic mass is 10.1. The third-order valence-corrected chi connectivity index (χ3v) is 3.23. The highest BCUT2D eigenvalue weighted by Crippen LogP contribution is 2.25. The van der Waals surface area contributed by atoms with Gasteiger partial charge in [-0.05, 0) is 24.6 Å². The number of aliphatic carboxylic acids is 1. The molecular formula is C15H13N3O2. The highest BCUT2D eigenvalue weighted by molar-refractivity contribution is 5.80. The first-order valence-corrected chi connectivity index (χ1v) is 6.26. The molecule has 2 heterocycles. The smallest absolute Gasteiger partial charge is 0.331 e. The normalized spacial score (nSPS) is 12.4. The number of carboxylic acid groups (broad SMARTS) is 1. The fourth-order valence-corrected chi connectivity index (χ4v) is 2.39. The van der Waals surface area contributed by atoms with E-state index in [1.165, 1.54) is 0 Å². The van der Waals surface area contributed by atoms with Crippen molar-refractivity contribution in [3.63, 3.8) is 0 Å². The van der Waals surface area contributed by atoms with E-state index in [4.69, 9.17) is 0 Å². The highest BCUT2D eigenvalue weighted by atomic mass is 16.4. The highest BCUT2D eigenvalue weighted by Gasteiger charge is 2.25. The summed E-state index contributed by atoms with van der Waals surface area (Å²) >= 11 is 0. The molecule has 0 fully saturated rings. The van der Waals surface area contributed by atoms with Crippen molar-refractivity contribution in [2.24, 2.45) is 0 Å². The van der Waals surface area contributed by atoms with Gasteiger partial charge in [0.15, 0.2) is 11.7 Å². The molecule has 1 aromatic carbocycles. The fourth-order valence-electron chi connectivity index (χ4n) is 2.39. The van der Waals surface area contributed by atoms with Gasteiger partial charge in [0.05, 0.1) is 0 Å². The van der Waals surface area contributed by atoms with Crippen LogP contribution in [-0.4, -0.2) is 25.6 Å². The van der Waals surface area contributed by atoms with Gasteiger partial charge in [-0.1, -0.05) is 30.3 Å². The minimum absolute atomic E-state index is 0.584. The molecule has 0 radical (unpaired) electrons. The van der Waals surface area contributed by atoms with Crippen molar-refractivity contribution in [1.82, 2.24) is 14.5 Å². The van der Waals surface area contributed by atoms with Gasteiger partial charge in [-0.2, -0.15) is 0 Å². The molecule has 1 atom stereocenters. The largest absolute Gasteiger partial charge is 0.479 e. The first-order valence-electron chi connectivity index (χ1n) is 6.26. The standard InChI is InChI=1S/C15H13N3O2/c1-10-17-12-8-5-9-16-14(12)18(10)13(15(19)20)11-6-3-2-4-7-11/h2-9,13H,1H3,(H,19,20). The summed E-state index contributed by atoms with van der Waals surface area (Å²) in [5.74, 6) is -0.292. The topological polar surface area (TPSA) is 68.0 Å². The van der Waals surface area contributed by atoms with E-state index in [0.29, 0.717) is 22.6 Å². The Bertz CT molecular complexity index is 765. The summed E-state index contributed by atoms with van der Waals surface area (Å²) in [7, 11) is 0. The van der Waals surface area contributed by atoms with Gasteiger partial charge in [-0.25, -0.2) is 14.8 Å². The van der Waals surface area contributed by atoms with E-state index in [1.807, 2.05) is 24.3 Å². The lowest BCUT2D eigenvalue weighted by molar-refractivity contribution is -0.139. The van der Waals surface area contributed by atoms with Gasteiger partial charge in [0.1, 0.15) is 11.3 Å². The van der Waals surface area contributed by atoms with Crippen LogP contribution in [0.2, 0.25) is 0 Å². The van der Waals surface area contributed by atoms with E-state index in [9.17, 15) is 9.90 Å². The number of pyridine rings is 1. The molecule has 3 aromatic rings. The van der Waals surface area contributed by atoms with E-state index in [2.05, 4.69) is 9.97 Å². The van der Waals surface area contributed by atoms with Crippen molar-refractivity contribution in [3.8, 4) is 0 Å². The average Bonchev–Trinajstić information content (AvgIpc) is 2.77. The van der Waals surface area contributed by atoms with Gasteiger partial charge in [0.25, 0.3) is 0 Å². The van der Waals surface area contributed by atoms with E-state index in [0.717, 1.165) is 0 Å². The Kier molecular flexibility index (Phi) is 2.95. The first-order chi connectivity index (χ1) is 9.68. The molecule has 20 heavy (non-hydrogen) atoms. The van der Waals surface area contributed by atoms with Gasteiger partial charge < -0.3 is 5.11 Å². The minimum atomic E-state index is -0.927. The van der Waals surface area contributed by atoms with Crippen molar-refractivity contribution >= 4 is 17.1 Å². The number of carbonyl (C=O) groups is 1. The van der Waals surface area contributed by atoms with Gasteiger partial charge in [-0.15, -0.1) is 0 Å². The fraction of sp³-hybridized carbons (Fsp3) is 0.133. The van der Waals surface area contributed by atoms with Crippen molar-refractivity contribution in [3.05, 3.63) is 60.0 Å². The van der Waals surface area contributed by atoms with Crippen molar-refractivity contribution in [2.75, 3.05) is 0 Å². The van der Waals surface area contributed by atoms with Crippen LogP contribution in [0.15, 0.2) is 48.7 Å². The molecule has 0 spiro atoms. The Morgan fingerprint density at radius 1 is 1.20 bits per heavy atom. The number of imidazole rings is 1. The molecular weight excluding hydrogens is 254 g/mol. The van der Waals surface area contributed by atoms with Crippen molar-refractivity contribution in [2.45, 2.75) is 13.0 Å². The second kappa shape index (κ2) is 4.77. The zero-order valence-corrected chi connectivity index (χ0v) is 10.9. The predicted molar refractivity (Wildman–Crippen MR) is 74.5 cm³/mol. The van der Waals surface area contributed by atoms with Crippen LogP contribution in [0.25, 0.3) is 11.2 Å². The molecule has 0 aliphatic rings. The number of carboxylic acids is 1. The molecule has 0 amide bonds. The van der Waals surface area contributed by atoms with Crippen LogP contribution < -0.4 is 0 Å². The molecule has 1 unspecified atom stereocenters. The van der Waals surface area contributed by atoms with Crippen LogP contribution in [-0.2, 0) is 4.79 Å². The summed E-state index contributed by atoms with van der Waals surface area (Å²) in [4.78, 5) is 20.4. The minimum Gasteiger partial charge on any atom is -0.479 e. The number of rotatable bonds is 3. The Balaban J connectivity index is 2.26. The van der Waals surface area contributed by atoms with E-state index in [-0.39, 0.29) is 0 Å².